The summed E-state index contributed by atoms with van der Waals surface area (Å²) in [6, 6.07) is 21.7. The zero-order valence-corrected chi connectivity index (χ0v) is 15.3. The third-order valence-corrected chi connectivity index (χ3v) is 5.02. The molecule has 0 amide bonds. The van der Waals surface area contributed by atoms with Crippen LogP contribution in [0.4, 0.5) is 0 Å². The molecule has 0 bridgehead atoms. The minimum Gasteiger partial charge on any atom is -0.497 e. The van der Waals surface area contributed by atoms with Gasteiger partial charge in [0.25, 0.3) is 0 Å². The fourth-order valence-electron chi connectivity index (χ4n) is 2.41. The lowest BCUT2D eigenvalue weighted by molar-refractivity contribution is 0.391. The highest BCUT2D eigenvalue weighted by molar-refractivity contribution is 7.99. The van der Waals surface area contributed by atoms with Gasteiger partial charge in [-0.25, -0.2) is 0 Å². The summed E-state index contributed by atoms with van der Waals surface area (Å²) in [7, 11) is 3.32. The molecule has 0 fully saturated rings. The van der Waals surface area contributed by atoms with Gasteiger partial charge >= 0.3 is 0 Å². The summed E-state index contributed by atoms with van der Waals surface area (Å²) in [5.41, 5.74) is 1.21. The maximum atomic E-state index is 6.13. The maximum absolute atomic E-state index is 6.13. The molecule has 0 heterocycles. The fourth-order valence-corrected chi connectivity index (χ4v) is 3.47. The van der Waals surface area contributed by atoms with E-state index in [4.69, 9.17) is 14.2 Å². The molecular weight excluding hydrogens is 332 g/mol. The van der Waals surface area contributed by atoms with Crippen molar-refractivity contribution in [1.82, 2.24) is 0 Å². The van der Waals surface area contributed by atoms with Crippen LogP contribution in [0.25, 0.3) is 0 Å². The molecule has 0 saturated heterocycles. The van der Waals surface area contributed by atoms with Crippen LogP contribution in [0, 0.1) is 6.92 Å². The molecule has 4 heteroatoms. The fraction of sp³-hybridized carbons (Fsp3) is 0.143. The standard InChI is InChI=1S/C21H20O3S/c1-15-8-4-5-13-20(15)25-21-18(23-3)11-7-12-19(21)24-17-10-6-9-16(14-17)22-2/h4-14H,1-3H3. The molecule has 3 aromatic rings. The van der Waals surface area contributed by atoms with E-state index in [0.717, 1.165) is 27.9 Å². The van der Waals surface area contributed by atoms with E-state index in [9.17, 15) is 0 Å². The van der Waals surface area contributed by atoms with E-state index in [1.54, 1.807) is 26.0 Å². The second kappa shape index (κ2) is 7.99. The molecule has 0 aliphatic carbocycles. The first-order valence-corrected chi connectivity index (χ1v) is 8.75. The first-order chi connectivity index (χ1) is 12.2. The van der Waals surface area contributed by atoms with Gasteiger partial charge in [0.05, 0.1) is 19.1 Å². The third-order valence-electron chi connectivity index (χ3n) is 3.74. The summed E-state index contributed by atoms with van der Waals surface area (Å²) < 4.78 is 17.0. The number of rotatable bonds is 6. The van der Waals surface area contributed by atoms with Crippen molar-refractivity contribution in [3.05, 3.63) is 72.3 Å². The number of hydrogen-bond acceptors (Lipinski definition) is 4. The smallest absolute Gasteiger partial charge is 0.145 e. The van der Waals surface area contributed by atoms with Gasteiger partial charge in [0.15, 0.2) is 0 Å². The summed E-state index contributed by atoms with van der Waals surface area (Å²) in [5.74, 6) is 3.02. The van der Waals surface area contributed by atoms with Gasteiger partial charge in [-0.2, -0.15) is 0 Å². The quantitative estimate of drug-likeness (QED) is 0.547. The maximum Gasteiger partial charge on any atom is 0.145 e. The highest BCUT2D eigenvalue weighted by atomic mass is 32.2. The van der Waals surface area contributed by atoms with E-state index in [1.807, 2.05) is 54.6 Å². The van der Waals surface area contributed by atoms with Crippen molar-refractivity contribution in [3.63, 3.8) is 0 Å². The van der Waals surface area contributed by atoms with E-state index in [2.05, 4.69) is 19.1 Å². The molecule has 0 aromatic heterocycles. The van der Waals surface area contributed by atoms with Crippen molar-refractivity contribution in [1.29, 1.82) is 0 Å². The van der Waals surface area contributed by atoms with Crippen molar-refractivity contribution < 1.29 is 14.2 Å². The zero-order valence-electron chi connectivity index (χ0n) is 14.5. The molecule has 0 atom stereocenters. The van der Waals surface area contributed by atoms with Gasteiger partial charge in [0, 0.05) is 11.0 Å². The van der Waals surface area contributed by atoms with Crippen LogP contribution < -0.4 is 14.2 Å². The summed E-state index contributed by atoms with van der Waals surface area (Å²) >= 11 is 1.64. The normalized spacial score (nSPS) is 10.4. The van der Waals surface area contributed by atoms with Gasteiger partial charge in [-0.3, -0.25) is 0 Å². The van der Waals surface area contributed by atoms with Gasteiger partial charge in [-0.1, -0.05) is 42.1 Å². The van der Waals surface area contributed by atoms with Gasteiger partial charge in [0.1, 0.15) is 23.0 Å². The summed E-state index contributed by atoms with van der Waals surface area (Å²) in [6.07, 6.45) is 0. The van der Waals surface area contributed by atoms with Crippen LogP contribution in [0.5, 0.6) is 23.0 Å². The molecule has 0 saturated carbocycles. The van der Waals surface area contributed by atoms with E-state index in [1.165, 1.54) is 10.5 Å². The number of methoxy groups -OCH3 is 2. The molecule has 0 aliphatic rings. The Morgan fingerprint density at radius 2 is 1.44 bits per heavy atom. The summed E-state index contributed by atoms with van der Waals surface area (Å²) in [5, 5.41) is 0. The Morgan fingerprint density at radius 1 is 0.720 bits per heavy atom. The second-order valence-electron chi connectivity index (χ2n) is 5.44. The zero-order chi connectivity index (χ0) is 17.6. The highest BCUT2D eigenvalue weighted by Crippen LogP contribution is 2.44. The Bertz CT molecular complexity index is 861. The lowest BCUT2D eigenvalue weighted by Gasteiger charge is -2.15. The monoisotopic (exact) mass is 352 g/mol. The van der Waals surface area contributed by atoms with Gasteiger partial charge < -0.3 is 14.2 Å². The Balaban J connectivity index is 1.97. The molecule has 0 aliphatic heterocycles. The van der Waals surface area contributed by atoms with Crippen LogP contribution in [0.1, 0.15) is 5.56 Å². The minimum absolute atomic E-state index is 0.722. The van der Waals surface area contributed by atoms with E-state index < -0.39 is 0 Å². The average molecular weight is 352 g/mol. The number of benzene rings is 3. The van der Waals surface area contributed by atoms with Crippen molar-refractivity contribution in [3.8, 4) is 23.0 Å². The van der Waals surface area contributed by atoms with Crippen LogP contribution in [-0.4, -0.2) is 14.2 Å². The average Bonchev–Trinajstić information content (AvgIpc) is 2.65. The highest BCUT2D eigenvalue weighted by Gasteiger charge is 2.14. The number of aryl methyl sites for hydroxylation is 1. The SMILES string of the molecule is COc1cccc(Oc2cccc(OC)c2Sc2ccccc2C)c1. The van der Waals surface area contributed by atoms with Gasteiger partial charge in [-0.05, 0) is 42.8 Å². The molecule has 0 unspecified atom stereocenters. The molecule has 3 rings (SSSR count). The first kappa shape index (κ1) is 17.2. The van der Waals surface area contributed by atoms with Gasteiger partial charge in [0.2, 0.25) is 0 Å². The second-order valence-corrected chi connectivity index (χ2v) is 6.49. The van der Waals surface area contributed by atoms with E-state index >= 15 is 0 Å². The van der Waals surface area contributed by atoms with Crippen LogP contribution in [0.15, 0.2) is 76.5 Å². The van der Waals surface area contributed by atoms with Crippen LogP contribution in [0.2, 0.25) is 0 Å². The summed E-state index contributed by atoms with van der Waals surface area (Å²) in [4.78, 5) is 2.12. The van der Waals surface area contributed by atoms with Crippen molar-refractivity contribution >= 4 is 11.8 Å². The minimum atomic E-state index is 0.722. The van der Waals surface area contributed by atoms with Crippen LogP contribution in [-0.2, 0) is 0 Å². The Morgan fingerprint density at radius 3 is 2.20 bits per heavy atom. The predicted molar refractivity (Wildman–Crippen MR) is 101 cm³/mol. The molecule has 128 valence electrons. The van der Waals surface area contributed by atoms with E-state index in [-0.39, 0.29) is 0 Å². The number of hydrogen-bond donors (Lipinski definition) is 0. The van der Waals surface area contributed by atoms with Crippen LogP contribution >= 0.6 is 11.8 Å². The van der Waals surface area contributed by atoms with Gasteiger partial charge in [-0.15, -0.1) is 0 Å². The lowest BCUT2D eigenvalue weighted by Crippen LogP contribution is -1.92. The third kappa shape index (κ3) is 4.09. The molecule has 3 aromatic carbocycles. The molecule has 0 radical (unpaired) electrons. The largest absolute Gasteiger partial charge is 0.497 e. The van der Waals surface area contributed by atoms with Crippen molar-refractivity contribution in [2.24, 2.45) is 0 Å². The first-order valence-electron chi connectivity index (χ1n) is 7.93. The van der Waals surface area contributed by atoms with Crippen molar-refractivity contribution in [2.45, 2.75) is 16.7 Å². The molecule has 25 heavy (non-hydrogen) atoms. The molecular formula is C21H20O3S. The molecule has 0 N–H and O–H groups in total. The summed E-state index contributed by atoms with van der Waals surface area (Å²) in [6.45, 7) is 2.10. The Hall–Kier alpha value is -2.59. The topological polar surface area (TPSA) is 27.7 Å². The van der Waals surface area contributed by atoms with Crippen molar-refractivity contribution in [2.75, 3.05) is 14.2 Å². The Kier molecular flexibility index (Phi) is 5.51. The van der Waals surface area contributed by atoms with E-state index in [0.29, 0.717) is 0 Å². The lowest BCUT2D eigenvalue weighted by atomic mass is 10.2. The Labute approximate surface area is 152 Å². The number of ether oxygens (including phenoxy) is 3. The van der Waals surface area contributed by atoms with Crippen LogP contribution in [0.3, 0.4) is 0 Å². The predicted octanol–water partition coefficient (Wildman–Crippen LogP) is 5.96. The molecule has 3 nitrogen and oxygen atoms in total. The molecule has 0 spiro atoms.